The van der Waals surface area contributed by atoms with Gasteiger partial charge in [0.15, 0.2) is 0 Å². The zero-order chi connectivity index (χ0) is 10.3. The molecule has 0 heterocycles. The van der Waals surface area contributed by atoms with Crippen molar-refractivity contribution in [2.45, 2.75) is 19.8 Å². The minimum Gasteiger partial charge on any atom is -0.369 e. The van der Waals surface area contributed by atoms with Crippen LogP contribution >= 0.6 is 0 Å². The van der Waals surface area contributed by atoms with Crippen molar-refractivity contribution in [1.82, 2.24) is 5.32 Å². The summed E-state index contributed by atoms with van der Waals surface area (Å²) in [7, 11) is 0. The second-order valence-electron chi connectivity index (χ2n) is 2.95. The Balaban J connectivity index is 3.69. The van der Waals surface area contributed by atoms with Crippen LogP contribution in [0.1, 0.15) is 19.8 Å². The van der Waals surface area contributed by atoms with Crippen molar-refractivity contribution >= 4 is 11.8 Å². The Bertz CT molecular complexity index is 182. The zero-order valence-corrected chi connectivity index (χ0v) is 7.88. The van der Waals surface area contributed by atoms with Gasteiger partial charge < -0.3 is 16.8 Å². The molecule has 5 nitrogen and oxygen atoms in total. The first-order valence-corrected chi connectivity index (χ1v) is 4.31. The maximum atomic E-state index is 10.8. The van der Waals surface area contributed by atoms with E-state index in [4.69, 9.17) is 11.5 Å². The number of amides is 2. The van der Waals surface area contributed by atoms with Gasteiger partial charge in [-0.1, -0.05) is 0 Å². The van der Waals surface area contributed by atoms with Gasteiger partial charge in [-0.15, -0.1) is 0 Å². The summed E-state index contributed by atoms with van der Waals surface area (Å²) in [5, 5.41) is 2.60. The first-order valence-electron chi connectivity index (χ1n) is 4.31. The summed E-state index contributed by atoms with van der Waals surface area (Å²) in [6.07, 6.45) is 1.14. The van der Waals surface area contributed by atoms with E-state index in [1.807, 2.05) is 0 Å². The standard InChI is InChI=1S/C8H17N3O2/c1-6(12)11-5-3-7(2-4-9)8(10)13/h7H,2-5,9H2,1H3,(H2,10,13)(H,11,12). The van der Waals surface area contributed by atoms with Gasteiger partial charge >= 0.3 is 0 Å². The van der Waals surface area contributed by atoms with Crippen LogP contribution in [0.2, 0.25) is 0 Å². The lowest BCUT2D eigenvalue weighted by molar-refractivity contribution is -0.123. The van der Waals surface area contributed by atoms with Gasteiger partial charge in [0.05, 0.1) is 0 Å². The average Bonchev–Trinajstić information content (AvgIpc) is 2.02. The van der Waals surface area contributed by atoms with Crippen LogP contribution < -0.4 is 16.8 Å². The molecule has 0 aromatic heterocycles. The molecule has 13 heavy (non-hydrogen) atoms. The summed E-state index contributed by atoms with van der Waals surface area (Å²) in [4.78, 5) is 21.3. The molecule has 0 aliphatic rings. The van der Waals surface area contributed by atoms with E-state index >= 15 is 0 Å². The summed E-state index contributed by atoms with van der Waals surface area (Å²) in [5.74, 6) is -0.677. The van der Waals surface area contributed by atoms with E-state index in [1.165, 1.54) is 6.92 Å². The SMILES string of the molecule is CC(=O)NCCC(CCN)C(N)=O. The van der Waals surface area contributed by atoms with Crippen LogP contribution in [0.4, 0.5) is 0 Å². The van der Waals surface area contributed by atoms with Crippen molar-refractivity contribution in [3.63, 3.8) is 0 Å². The first kappa shape index (κ1) is 11.9. The molecule has 76 valence electrons. The number of primary amides is 1. The molecule has 5 heteroatoms. The van der Waals surface area contributed by atoms with E-state index in [2.05, 4.69) is 5.32 Å². The minimum absolute atomic E-state index is 0.101. The van der Waals surface area contributed by atoms with Crippen molar-refractivity contribution < 1.29 is 9.59 Å². The molecule has 1 atom stereocenters. The molecule has 0 fully saturated rings. The largest absolute Gasteiger partial charge is 0.369 e. The van der Waals surface area contributed by atoms with Crippen molar-refractivity contribution in [2.75, 3.05) is 13.1 Å². The van der Waals surface area contributed by atoms with E-state index < -0.39 is 0 Å². The van der Waals surface area contributed by atoms with Crippen LogP contribution in [0.3, 0.4) is 0 Å². The Morgan fingerprint density at radius 1 is 1.38 bits per heavy atom. The quantitative estimate of drug-likeness (QED) is 0.495. The van der Waals surface area contributed by atoms with E-state index in [0.29, 0.717) is 25.9 Å². The highest BCUT2D eigenvalue weighted by molar-refractivity contribution is 5.77. The highest BCUT2D eigenvalue weighted by Gasteiger charge is 2.13. The molecule has 0 saturated heterocycles. The second kappa shape index (κ2) is 6.42. The Morgan fingerprint density at radius 3 is 2.38 bits per heavy atom. The molecule has 0 aliphatic heterocycles. The lowest BCUT2D eigenvalue weighted by Crippen LogP contribution is -2.30. The minimum atomic E-state index is -0.351. The number of nitrogens with two attached hydrogens (primary N) is 2. The molecule has 0 aliphatic carbocycles. The third-order valence-corrected chi connectivity index (χ3v) is 1.78. The van der Waals surface area contributed by atoms with Gasteiger partial charge in [-0.2, -0.15) is 0 Å². The van der Waals surface area contributed by atoms with E-state index in [0.717, 1.165) is 0 Å². The number of hydrogen-bond donors (Lipinski definition) is 3. The van der Waals surface area contributed by atoms with Gasteiger partial charge in [-0.05, 0) is 19.4 Å². The lowest BCUT2D eigenvalue weighted by Gasteiger charge is -2.11. The summed E-state index contributed by atoms with van der Waals surface area (Å²) in [5.41, 5.74) is 10.4. The molecule has 0 bridgehead atoms. The van der Waals surface area contributed by atoms with E-state index in [9.17, 15) is 9.59 Å². The monoisotopic (exact) mass is 187 g/mol. The molecule has 0 rings (SSSR count). The summed E-state index contributed by atoms with van der Waals surface area (Å²) in [6.45, 7) is 2.35. The summed E-state index contributed by atoms with van der Waals surface area (Å²) < 4.78 is 0. The fourth-order valence-corrected chi connectivity index (χ4v) is 1.05. The van der Waals surface area contributed by atoms with Crippen LogP contribution in [0, 0.1) is 5.92 Å². The molecule has 0 radical (unpaired) electrons. The number of carbonyl (C=O) groups is 2. The fraction of sp³-hybridized carbons (Fsp3) is 0.750. The molecule has 5 N–H and O–H groups in total. The van der Waals surface area contributed by atoms with Crippen LogP contribution in [-0.4, -0.2) is 24.9 Å². The average molecular weight is 187 g/mol. The van der Waals surface area contributed by atoms with Gasteiger partial charge in [-0.25, -0.2) is 0 Å². The predicted octanol–water partition coefficient (Wildman–Crippen LogP) is -1.04. The smallest absolute Gasteiger partial charge is 0.220 e. The van der Waals surface area contributed by atoms with Gasteiger partial charge in [0, 0.05) is 19.4 Å². The molecule has 0 aromatic rings. The molecule has 1 unspecified atom stereocenters. The van der Waals surface area contributed by atoms with Crippen molar-refractivity contribution in [3.8, 4) is 0 Å². The Kier molecular flexibility index (Phi) is 5.88. The number of carbonyl (C=O) groups excluding carboxylic acids is 2. The third kappa shape index (κ3) is 6.10. The number of rotatable bonds is 6. The normalized spacial score (nSPS) is 12.2. The Hall–Kier alpha value is -1.10. The Labute approximate surface area is 77.8 Å². The maximum Gasteiger partial charge on any atom is 0.220 e. The third-order valence-electron chi connectivity index (χ3n) is 1.78. The van der Waals surface area contributed by atoms with Gasteiger partial charge in [0.2, 0.25) is 11.8 Å². The van der Waals surface area contributed by atoms with Crippen molar-refractivity contribution in [1.29, 1.82) is 0 Å². The highest BCUT2D eigenvalue weighted by Crippen LogP contribution is 2.05. The zero-order valence-electron chi connectivity index (χ0n) is 7.88. The highest BCUT2D eigenvalue weighted by atomic mass is 16.1. The maximum absolute atomic E-state index is 10.8. The van der Waals surface area contributed by atoms with Gasteiger partial charge in [0.1, 0.15) is 0 Å². The first-order chi connectivity index (χ1) is 6.07. The van der Waals surface area contributed by atoms with Gasteiger partial charge in [0.25, 0.3) is 0 Å². The Morgan fingerprint density at radius 2 is 2.00 bits per heavy atom. The topological polar surface area (TPSA) is 98.2 Å². The summed E-state index contributed by atoms with van der Waals surface area (Å²) >= 11 is 0. The number of hydrogen-bond acceptors (Lipinski definition) is 3. The van der Waals surface area contributed by atoms with Crippen LogP contribution in [0.5, 0.6) is 0 Å². The predicted molar refractivity (Wildman–Crippen MR) is 49.7 cm³/mol. The fourth-order valence-electron chi connectivity index (χ4n) is 1.05. The molecular weight excluding hydrogens is 170 g/mol. The summed E-state index contributed by atoms with van der Waals surface area (Å²) in [6, 6.07) is 0. The second-order valence-corrected chi connectivity index (χ2v) is 2.95. The van der Waals surface area contributed by atoms with Crippen molar-refractivity contribution in [2.24, 2.45) is 17.4 Å². The molecule has 0 saturated carbocycles. The van der Waals surface area contributed by atoms with Gasteiger partial charge in [-0.3, -0.25) is 9.59 Å². The van der Waals surface area contributed by atoms with Crippen LogP contribution in [-0.2, 0) is 9.59 Å². The molecule has 0 spiro atoms. The van der Waals surface area contributed by atoms with E-state index in [-0.39, 0.29) is 17.7 Å². The van der Waals surface area contributed by atoms with Crippen LogP contribution in [0.25, 0.3) is 0 Å². The molecule has 0 aromatic carbocycles. The lowest BCUT2D eigenvalue weighted by atomic mass is 10.0. The molecular formula is C8H17N3O2. The number of nitrogens with one attached hydrogen (secondary N) is 1. The molecule has 2 amide bonds. The van der Waals surface area contributed by atoms with Crippen molar-refractivity contribution in [3.05, 3.63) is 0 Å². The van der Waals surface area contributed by atoms with Crippen LogP contribution in [0.15, 0.2) is 0 Å². The van der Waals surface area contributed by atoms with E-state index in [1.54, 1.807) is 0 Å².